The number of thiophene rings is 1. The first-order chi connectivity index (χ1) is 12.9. The first-order valence-electron chi connectivity index (χ1n) is 9.81. The average Bonchev–Trinajstić information content (AvgIpc) is 3.19. The van der Waals surface area contributed by atoms with Crippen LogP contribution in [0.3, 0.4) is 0 Å². The summed E-state index contributed by atoms with van der Waals surface area (Å²) in [7, 11) is 3.44. The van der Waals surface area contributed by atoms with E-state index >= 15 is 0 Å². The zero-order valence-corrected chi connectivity index (χ0v) is 20.9. The predicted octanol–water partition coefficient (Wildman–Crippen LogP) is 3.08. The van der Waals surface area contributed by atoms with Crippen LogP contribution >= 0.6 is 35.3 Å². The maximum absolute atomic E-state index is 12.0. The Morgan fingerprint density at radius 3 is 2.57 bits per heavy atom. The van der Waals surface area contributed by atoms with Gasteiger partial charge in [-0.1, -0.05) is 13.0 Å². The summed E-state index contributed by atoms with van der Waals surface area (Å²) in [5, 5.41) is 11.6. The highest BCUT2D eigenvalue weighted by molar-refractivity contribution is 14.0. The summed E-state index contributed by atoms with van der Waals surface area (Å²) >= 11 is 1.81. The number of carbonyl (C=O) groups excluding carboxylic acids is 1. The zero-order valence-electron chi connectivity index (χ0n) is 17.7. The molecule has 0 spiro atoms. The van der Waals surface area contributed by atoms with Crippen LogP contribution < -0.4 is 16.0 Å². The second-order valence-corrected chi connectivity index (χ2v) is 9.00. The van der Waals surface area contributed by atoms with Gasteiger partial charge in [0.15, 0.2) is 5.96 Å². The van der Waals surface area contributed by atoms with Crippen LogP contribution in [-0.2, 0) is 4.79 Å². The van der Waals surface area contributed by atoms with Crippen molar-refractivity contribution in [2.45, 2.75) is 39.7 Å². The fourth-order valence-electron chi connectivity index (χ4n) is 3.37. The van der Waals surface area contributed by atoms with Crippen LogP contribution in [0.25, 0.3) is 0 Å². The van der Waals surface area contributed by atoms with Crippen LogP contribution in [0.4, 0.5) is 0 Å². The number of nitrogens with zero attached hydrogens (tertiary/aromatic N) is 2. The lowest BCUT2D eigenvalue weighted by Crippen LogP contribution is -2.49. The number of hydrogen-bond donors (Lipinski definition) is 3. The van der Waals surface area contributed by atoms with Gasteiger partial charge in [0, 0.05) is 32.1 Å². The Morgan fingerprint density at radius 2 is 2.04 bits per heavy atom. The molecular weight excluding hydrogens is 485 g/mol. The minimum Gasteiger partial charge on any atom is -0.359 e. The lowest BCUT2D eigenvalue weighted by atomic mass is 9.92. The van der Waals surface area contributed by atoms with E-state index in [0.717, 1.165) is 31.5 Å². The van der Waals surface area contributed by atoms with Gasteiger partial charge in [-0.25, -0.2) is 0 Å². The third-order valence-corrected chi connectivity index (χ3v) is 6.33. The molecule has 3 N–H and O–H groups in total. The molecule has 1 aliphatic rings. The molecule has 0 bridgehead atoms. The normalized spacial score (nSPS) is 17.5. The fraction of sp³-hybridized carbons (Fsp3) is 0.700. The number of piperidine rings is 1. The molecule has 1 aromatic rings. The highest BCUT2D eigenvalue weighted by Gasteiger charge is 2.28. The molecule has 1 saturated heterocycles. The summed E-state index contributed by atoms with van der Waals surface area (Å²) in [5.41, 5.74) is -0.497. The third kappa shape index (κ3) is 7.18. The van der Waals surface area contributed by atoms with Crippen molar-refractivity contribution in [3.63, 3.8) is 0 Å². The Kier molecular flexibility index (Phi) is 10.8. The van der Waals surface area contributed by atoms with Gasteiger partial charge in [-0.05, 0) is 57.1 Å². The van der Waals surface area contributed by atoms with Gasteiger partial charge in [0.05, 0.1) is 11.5 Å². The first kappa shape index (κ1) is 25.2. The summed E-state index contributed by atoms with van der Waals surface area (Å²) in [6, 6.07) is 4.70. The number of rotatable bonds is 7. The Bertz CT molecular complexity index is 612. The molecule has 2 heterocycles. The van der Waals surface area contributed by atoms with Crippen LogP contribution in [0.1, 0.15) is 44.5 Å². The smallest absolute Gasteiger partial charge is 0.227 e. The van der Waals surface area contributed by atoms with Crippen molar-refractivity contribution in [3.05, 3.63) is 22.4 Å². The number of carbonyl (C=O) groups is 1. The maximum Gasteiger partial charge on any atom is 0.227 e. The van der Waals surface area contributed by atoms with Gasteiger partial charge < -0.3 is 16.0 Å². The van der Waals surface area contributed by atoms with Gasteiger partial charge in [-0.2, -0.15) is 0 Å². The second kappa shape index (κ2) is 12.0. The maximum atomic E-state index is 12.0. The Hall–Kier alpha value is -0.870. The van der Waals surface area contributed by atoms with Crippen molar-refractivity contribution in [1.82, 2.24) is 20.9 Å². The monoisotopic (exact) mass is 521 g/mol. The van der Waals surface area contributed by atoms with Crippen LogP contribution in [0.5, 0.6) is 0 Å². The number of nitrogens with one attached hydrogen (secondary N) is 3. The number of halogens is 1. The molecule has 1 aromatic heterocycles. The molecule has 0 radical (unpaired) electrons. The highest BCUT2D eigenvalue weighted by atomic mass is 127. The molecule has 1 aliphatic heterocycles. The van der Waals surface area contributed by atoms with Gasteiger partial charge in [0.2, 0.25) is 5.91 Å². The Labute approximate surface area is 191 Å². The van der Waals surface area contributed by atoms with Crippen molar-refractivity contribution in [1.29, 1.82) is 0 Å². The number of aliphatic imine (C=N–C) groups is 1. The second-order valence-electron chi connectivity index (χ2n) is 8.02. The van der Waals surface area contributed by atoms with Gasteiger partial charge in [-0.3, -0.25) is 14.7 Å². The Balaban J connectivity index is 0.00000392. The minimum atomic E-state index is -0.497. The van der Waals surface area contributed by atoms with Gasteiger partial charge in [0.1, 0.15) is 0 Å². The van der Waals surface area contributed by atoms with E-state index in [1.54, 1.807) is 14.1 Å². The summed E-state index contributed by atoms with van der Waals surface area (Å²) < 4.78 is 0. The SMILES string of the molecule is CN=C(NCC(c1cccs1)N1CCC(C)CC1)NCC(C)(C)C(=O)NC.I. The summed E-state index contributed by atoms with van der Waals surface area (Å²) in [6.45, 7) is 9.80. The van der Waals surface area contributed by atoms with Crippen LogP contribution in [-0.4, -0.2) is 57.0 Å². The number of guanidine groups is 1. The fourth-order valence-corrected chi connectivity index (χ4v) is 4.23. The molecule has 1 fully saturated rings. The molecule has 0 aromatic carbocycles. The number of likely N-dealkylation sites (tertiary alicyclic amines) is 1. The predicted molar refractivity (Wildman–Crippen MR) is 130 cm³/mol. The number of hydrogen-bond acceptors (Lipinski definition) is 4. The van der Waals surface area contributed by atoms with Crippen molar-refractivity contribution in [3.8, 4) is 0 Å². The molecule has 1 atom stereocenters. The molecule has 1 unspecified atom stereocenters. The van der Waals surface area contributed by atoms with E-state index in [-0.39, 0.29) is 29.9 Å². The Morgan fingerprint density at radius 1 is 1.36 bits per heavy atom. The van der Waals surface area contributed by atoms with E-state index in [9.17, 15) is 4.79 Å². The largest absolute Gasteiger partial charge is 0.359 e. The third-order valence-electron chi connectivity index (χ3n) is 5.36. The molecule has 2 rings (SSSR count). The molecule has 0 aliphatic carbocycles. The highest BCUT2D eigenvalue weighted by Crippen LogP contribution is 2.29. The van der Waals surface area contributed by atoms with E-state index in [4.69, 9.17) is 0 Å². The van der Waals surface area contributed by atoms with Gasteiger partial charge in [-0.15, -0.1) is 35.3 Å². The zero-order chi connectivity index (χ0) is 19.9. The van der Waals surface area contributed by atoms with Crippen LogP contribution in [0.15, 0.2) is 22.5 Å². The van der Waals surface area contributed by atoms with E-state index in [0.29, 0.717) is 12.6 Å². The standard InChI is InChI=1S/C20H35N5OS.HI/c1-15-8-10-25(11-9-15)16(17-7-6-12-27-17)13-23-19(22-5)24-14-20(2,3)18(26)21-4;/h6-7,12,15-16H,8-11,13-14H2,1-5H3,(H,21,26)(H2,22,23,24);1H. The molecule has 1 amide bonds. The van der Waals surface area contributed by atoms with E-state index < -0.39 is 5.41 Å². The molecule has 160 valence electrons. The molecule has 28 heavy (non-hydrogen) atoms. The summed E-state index contributed by atoms with van der Waals surface area (Å²) in [4.78, 5) is 20.3. The lowest BCUT2D eigenvalue weighted by molar-refractivity contribution is -0.128. The van der Waals surface area contributed by atoms with E-state index in [1.807, 2.05) is 25.2 Å². The lowest BCUT2D eigenvalue weighted by Gasteiger charge is -2.36. The van der Waals surface area contributed by atoms with Crippen LogP contribution in [0, 0.1) is 11.3 Å². The van der Waals surface area contributed by atoms with Crippen LogP contribution in [0.2, 0.25) is 0 Å². The molecule has 0 saturated carbocycles. The summed E-state index contributed by atoms with van der Waals surface area (Å²) in [6.07, 6.45) is 2.52. The molecule has 8 heteroatoms. The molecular formula is C20H36IN5OS. The topological polar surface area (TPSA) is 68.8 Å². The van der Waals surface area contributed by atoms with Gasteiger partial charge >= 0.3 is 0 Å². The minimum absolute atomic E-state index is 0. The average molecular weight is 522 g/mol. The first-order valence-corrected chi connectivity index (χ1v) is 10.7. The van der Waals surface area contributed by atoms with Crippen molar-refractivity contribution < 1.29 is 4.79 Å². The van der Waals surface area contributed by atoms with Crippen molar-refractivity contribution >= 4 is 47.2 Å². The van der Waals surface area contributed by atoms with Gasteiger partial charge in [0.25, 0.3) is 0 Å². The number of amides is 1. The van der Waals surface area contributed by atoms with Crippen molar-refractivity contribution in [2.75, 3.05) is 40.3 Å². The van der Waals surface area contributed by atoms with Crippen molar-refractivity contribution in [2.24, 2.45) is 16.3 Å². The molecule has 6 nitrogen and oxygen atoms in total. The van der Waals surface area contributed by atoms with E-state index in [1.165, 1.54) is 17.7 Å². The van der Waals surface area contributed by atoms with E-state index in [2.05, 4.69) is 50.3 Å². The quantitative estimate of drug-likeness (QED) is 0.293. The summed E-state index contributed by atoms with van der Waals surface area (Å²) in [5.74, 6) is 1.57.